The summed E-state index contributed by atoms with van der Waals surface area (Å²) in [5, 5.41) is 4.56. The lowest BCUT2D eigenvalue weighted by Gasteiger charge is -2.16. The van der Waals surface area contributed by atoms with E-state index in [1.54, 1.807) is 11.3 Å². The van der Waals surface area contributed by atoms with Crippen molar-refractivity contribution in [1.29, 1.82) is 0 Å². The maximum Gasteiger partial charge on any atom is 0.115 e. The van der Waals surface area contributed by atoms with Gasteiger partial charge >= 0.3 is 0 Å². The lowest BCUT2D eigenvalue weighted by Crippen LogP contribution is -2.18. The molecule has 2 nitrogen and oxygen atoms in total. The molecule has 3 heteroatoms. The molecule has 1 aromatic carbocycles. The molecular formula is C15H20N2S. The van der Waals surface area contributed by atoms with Crippen molar-refractivity contribution in [3.8, 4) is 0 Å². The molecule has 0 aliphatic carbocycles. The van der Waals surface area contributed by atoms with Crippen molar-refractivity contribution >= 4 is 11.3 Å². The quantitative estimate of drug-likeness (QED) is 0.908. The number of hydrogen-bond acceptors (Lipinski definition) is 3. The Morgan fingerprint density at radius 1 is 1.28 bits per heavy atom. The van der Waals surface area contributed by atoms with Gasteiger partial charge in [0.2, 0.25) is 0 Å². The number of rotatable bonds is 4. The van der Waals surface area contributed by atoms with Gasteiger partial charge in [-0.3, -0.25) is 0 Å². The second kappa shape index (κ2) is 5.63. The second-order valence-electron chi connectivity index (χ2n) is 4.49. The average Bonchev–Trinajstić information content (AvgIpc) is 2.74. The van der Waals surface area contributed by atoms with E-state index in [4.69, 9.17) is 4.98 Å². The van der Waals surface area contributed by atoms with Crippen LogP contribution in [0.2, 0.25) is 0 Å². The summed E-state index contributed by atoms with van der Waals surface area (Å²) in [5.41, 5.74) is 3.85. The Hall–Kier alpha value is -1.19. The van der Waals surface area contributed by atoms with Gasteiger partial charge in [0, 0.05) is 4.88 Å². The van der Waals surface area contributed by atoms with Gasteiger partial charge in [0.25, 0.3) is 0 Å². The molecule has 0 amide bonds. The fourth-order valence-corrected chi connectivity index (χ4v) is 3.36. The standard InChI is InChI=1S/C15H20N2S/c1-5-13-11(3)18-15(17-13)14(16-4)12-9-7-6-8-10(12)2/h6-9,14,16H,5H2,1-4H3. The van der Waals surface area contributed by atoms with Crippen LogP contribution in [0.5, 0.6) is 0 Å². The van der Waals surface area contributed by atoms with E-state index in [-0.39, 0.29) is 6.04 Å². The molecule has 96 valence electrons. The highest BCUT2D eigenvalue weighted by atomic mass is 32.1. The summed E-state index contributed by atoms with van der Waals surface area (Å²) in [6.45, 7) is 6.47. The first-order valence-electron chi connectivity index (χ1n) is 6.36. The van der Waals surface area contributed by atoms with Gasteiger partial charge in [0.15, 0.2) is 0 Å². The molecule has 0 radical (unpaired) electrons. The molecule has 0 fully saturated rings. The Balaban J connectivity index is 2.42. The van der Waals surface area contributed by atoms with Gasteiger partial charge in [-0.1, -0.05) is 31.2 Å². The molecule has 18 heavy (non-hydrogen) atoms. The Morgan fingerprint density at radius 3 is 2.56 bits per heavy atom. The molecule has 1 N–H and O–H groups in total. The van der Waals surface area contributed by atoms with Crippen LogP contribution in [0.3, 0.4) is 0 Å². The van der Waals surface area contributed by atoms with E-state index < -0.39 is 0 Å². The van der Waals surface area contributed by atoms with Gasteiger partial charge in [-0.2, -0.15) is 0 Å². The highest BCUT2D eigenvalue weighted by Gasteiger charge is 2.18. The van der Waals surface area contributed by atoms with Crippen molar-refractivity contribution in [2.75, 3.05) is 7.05 Å². The molecule has 1 unspecified atom stereocenters. The van der Waals surface area contributed by atoms with Crippen LogP contribution < -0.4 is 5.32 Å². The molecule has 2 aromatic rings. The summed E-state index contributed by atoms with van der Waals surface area (Å²) in [6, 6.07) is 8.71. The molecular weight excluding hydrogens is 240 g/mol. The van der Waals surface area contributed by atoms with Crippen molar-refractivity contribution in [3.63, 3.8) is 0 Å². The van der Waals surface area contributed by atoms with E-state index in [0.29, 0.717) is 0 Å². The Labute approximate surface area is 113 Å². The van der Waals surface area contributed by atoms with E-state index in [1.807, 2.05) is 7.05 Å². The van der Waals surface area contributed by atoms with Crippen LogP contribution in [0.15, 0.2) is 24.3 Å². The van der Waals surface area contributed by atoms with Crippen molar-refractivity contribution in [1.82, 2.24) is 10.3 Å². The third-order valence-corrected chi connectivity index (χ3v) is 4.36. The minimum atomic E-state index is 0.204. The number of nitrogens with one attached hydrogen (secondary N) is 1. The summed E-state index contributed by atoms with van der Waals surface area (Å²) in [6.07, 6.45) is 1.01. The molecule has 0 bridgehead atoms. The maximum atomic E-state index is 4.77. The summed E-state index contributed by atoms with van der Waals surface area (Å²) in [5.74, 6) is 0. The van der Waals surface area contributed by atoms with Gasteiger partial charge in [0.1, 0.15) is 5.01 Å². The van der Waals surface area contributed by atoms with Gasteiger partial charge in [-0.15, -0.1) is 11.3 Å². The highest BCUT2D eigenvalue weighted by Crippen LogP contribution is 2.29. The van der Waals surface area contributed by atoms with Crippen LogP contribution in [0, 0.1) is 13.8 Å². The number of aryl methyl sites for hydroxylation is 3. The fraction of sp³-hybridized carbons (Fsp3) is 0.400. The largest absolute Gasteiger partial charge is 0.307 e. The smallest absolute Gasteiger partial charge is 0.115 e. The highest BCUT2D eigenvalue weighted by molar-refractivity contribution is 7.11. The molecule has 0 spiro atoms. The normalized spacial score (nSPS) is 12.7. The predicted molar refractivity (Wildman–Crippen MR) is 78.3 cm³/mol. The van der Waals surface area contributed by atoms with Crippen LogP contribution >= 0.6 is 11.3 Å². The first kappa shape index (κ1) is 13.2. The van der Waals surface area contributed by atoms with Crippen LogP contribution in [-0.4, -0.2) is 12.0 Å². The predicted octanol–water partition coefficient (Wildman–Crippen LogP) is 3.63. The van der Waals surface area contributed by atoms with E-state index in [9.17, 15) is 0 Å². The third kappa shape index (κ3) is 2.47. The van der Waals surface area contributed by atoms with Gasteiger partial charge < -0.3 is 5.32 Å². The lowest BCUT2D eigenvalue weighted by atomic mass is 10.0. The average molecular weight is 260 g/mol. The molecule has 2 rings (SSSR count). The first-order chi connectivity index (χ1) is 8.67. The Bertz CT molecular complexity index is 531. The minimum absolute atomic E-state index is 0.204. The summed E-state index contributed by atoms with van der Waals surface area (Å²) < 4.78 is 0. The second-order valence-corrected chi connectivity index (χ2v) is 5.72. The van der Waals surface area contributed by atoms with E-state index in [0.717, 1.165) is 6.42 Å². The number of nitrogens with zero attached hydrogens (tertiary/aromatic N) is 1. The molecule has 1 atom stereocenters. The lowest BCUT2D eigenvalue weighted by molar-refractivity contribution is 0.679. The molecule has 1 heterocycles. The zero-order valence-electron chi connectivity index (χ0n) is 11.4. The van der Waals surface area contributed by atoms with Crippen molar-refractivity contribution in [2.24, 2.45) is 0 Å². The summed E-state index contributed by atoms with van der Waals surface area (Å²) in [7, 11) is 2.00. The van der Waals surface area contributed by atoms with Gasteiger partial charge in [-0.25, -0.2) is 4.98 Å². The van der Waals surface area contributed by atoms with Crippen LogP contribution in [0.4, 0.5) is 0 Å². The zero-order valence-corrected chi connectivity index (χ0v) is 12.3. The minimum Gasteiger partial charge on any atom is -0.307 e. The maximum absolute atomic E-state index is 4.77. The van der Waals surface area contributed by atoms with Gasteiger partial charge in [-0.05, 0) is 38.4 Å². The number of benzene rings is 1. The van der Waals surface area contributed by atoms with Crippen molar-refractivity contribution in [3.05, 3.63) is 51.0 Å². The number of aromatic nitrogens is 1. The monoisotopic (exact) mass is 260 g/mol. The van der Waals surface area contributed by atoms with Crippen LogP contribution in [-0.2, 0) is 6.42 Å². The van der Waals surface area contributed by atoms with E-state index in [1.165, 1.54) is 26.7 Å². The summed E-state index contributed by atoms with van der Waals surface area (Å²) in [4.78, 5) is 6.11. The molecule has 0 aliphatic rings. The van der Waals surface area contributed by atoms with Gasteiger partial charge in [0.05, 0.1) is 11.7 Å². The summed E-state index contributed by atoms with van der Waals surface area (Å²) >= 11 is 1.80. The number of hydrogen-bond donors (Lipinski definition) is 1. The Kier molecular flexibility index (Phi) is 4.15. The van der Waals surface area contributed by atoms with E-state index in [2.05, 4.69) is 50.4 Å². The molecule has 0 saturated heterocycles. The van der Waals surface area contributed by atoms with E-state index >= 15 is 0 Å². The first-order valence-corrected chi connectivity index (χ1v) is 7.18. The third-order valence-electron chi connectivity index (χ3n) is 3.28. The van der Waals surface area contributed by atoms with Crippen molar-refractivity contribution in [2.45, 2.75) is 33.2 Å². The number of thiazole rings is 1. The molecule has 1 aromatic heterocycles. The molecule has 0 aliphatic heterocycles. The Morgan fingerprint density at radius 2 is 2.00 bits per heavy atom. The van der Waals surface area contributed by atoms with Crippen molar-refractivity contribution < 1.29 is 0 Å². The van der Waals surface area contributed by atoms with Crippen LogP contribution in [0.25, 0.3) is 0 Å². The molecule has 0 saturated carbocycles. The van der Waals surface area contributed by atoms with Crippen LogP contribution in [0.1, 0.15) is 39.7 Å². The zero-order chi connectivity index (χ0) is 13.1. The SMILES string of the molecule is CCc1nc(C(NC)c2ccccc2C)sc1C. The fourth-order valence-electron chi connectivity index (χ4n) is 2.22. The topological polar surface area (TPSA) is 24.9 Å².